The van der Waals surface area contributed by atoms with Crippen LogP contribution >= 0.6 is 11.6 Å². The van der Waals surface area contributed by atoms with Gasteiger partial charge >= 0.3 is 5.97 Å². The first-order chi connectivity index (χ1) is 7.63. The lowest BCUT2D eigenvalue weighted by Gasteiger charge is -2.05. The summed E-state index contributed by atoms with van der Waals surface area (Å²) in [6, 6.07) is 4.35. The average molecular weight is 238 g/mol. The summed E-state index contributed by atoms with van der Waals surface area (Å²) in [7, 11) is 0. The van der Waals surface area contributed by atoms with Crippen LogP contribution in [0.25, 0.3) is 0 Å². The normalized spacial score (nSPS) is 9.31. The lowest BCUT2D eigenvalue weighted by molar-refractivity contribution is 0.0526. The highest BCUT2D eigenvalue weighted by Gasteiger charge is 2.15. The van der Waals surface area contributed by atoms with Crippen LogP contribution in [0.5, 0.6) is 0 Å². The highest BCUT2D eigenvalue weighted by Crippen LogP contribution is 2.21. The topological polar surface area (TPSA) is 67.2 Å². The molecular weight excluding hydrogens is 230 g/mol. The zero-order valence-corrected chi connectivity index (χ0v) is 9.25. The number of esters is 1. The molecule has 0 unspecified atom stereocenters. The highest BCUT2D eigenvalue weighted by atomic mass is 35.5. The Morgan fingerprint density at radius 3 is 2.81 bits per heavy atom. The van der Waals surface area contributed by atoms with Gasteiger partial charge in [0.05, 0.1) is 28.8 Å². The second kappa shape index (κ2) is 5.29. The van der Waals surface area contributed by atoms with E-state index in [-0.39, 0.29) is 28.3 Å². The Balaban J connectivity index is 3.27. The molecule has 82 valence electrons. The van der Waals surface area contributed by atoms with Gasteiger partial charge in [-0.1, -0.05) is 11.6 Å². The molecule has 0 saturated heterocycles. The zero-order valence-electron chi connectivity index (χ0n) is 8.49. The van der Waals surface area contributed by atoms with E-state index in [0.717, 1.165) is 0 Å². The van der Waals surface area contributed by atoms with Crippen molar-refractivity contribution in [3.63, 3.8) is 0 Å². The van der Waals surface area contributed by atoms with Gasteiger partial charge in [-0.2, -0.15) is 5.26 Å². The Bertz CT molecular complexity index is 477. The number of benzene rings is 1. The first-order valence-corrected chi connectivity index (χ1v) is 4.87. The summed E-state index contributed by atoms with van der Waals surface area (Å²) in [6.45, 7) is 1.88. The SMILES string of the molecule is CCOC(=O)c1cc(C=O)c(C#N)cc1Cl. The molecule has 16 heavy (non-hydrogen) atoms. The van der Waals surface area contributed by atoms with Crippen LogP contribution in [0, 0.1) is 11.3 Å². The third kappa shape index (κ3) is 2.38. The van der Waals surface area contributed by atoms with Gasteiger partial charge in [-0.15, -0.1) is 0 Å². The minimum absolute atomic E-state index is 0.0876. The van der Waals surface area contributed by atoms with Crippen LogP contribution in [-0.2, 0) is 4.74 Å². The fraction of sp³-hybridized carbons (Fsp3) is 0.182. The maximum Gasteiger partial charge on any atom is 0.339 e. The second-order valence-corrected chi connectivity index (χ2v) is 3.28. The number of carbonyl (C=O) groups excluding carboxylic acids is 2. The van der Waals surface area contributed by atoms with Crippen molar-refractivity contribution in [3.8, 4) is 6.07 Å². The molecule has 0 aliphatic rings. The first-order valence-electron chi connectivity index (χ1n) is 4.50. The Hall–Kier alpha value is -1.86. The lowest BCUT2D eigenvalue weighted by atomic mass is 10.1. The van der Waals surface area contributed by atoms with Crippen molar-refractivity contribution in [2.24, 2.45) is 0 Å². The summed E-state index contributed by atoms with van der Waals surface area (Å²) in [5.41, 5.74) is 0.340. The van der Waals surface area contributed by atoms with Crippen molar-refractivity contribution in [3.05, 3.63) is 33.8 Å². The van der Waals surface area contributed by atoms with E-state index < -0.39 is 5.97 Å². The molecule has 1 aromatic rings. The summed E-state index contributed by atoms with van der Waals surface area (Å²) in [6.07, 6.45) is 0.498. The molecule has 0 saturated carbocycles. The average Bonchev–Trinajstić information content (AvgIpc) is 2.28. The van der Waals surface area contributed by atoms with Gasteiger partial charge in [0, 0.05) is 5.56 Å². The number of hydrogen-bond donors (Lipinski definition) is 0. The first kappa shape index (κ1) is 12.2. The van der Waals surface area contributed by atoms with Gasteiger partial charge in [-0.25, -0.2) is 4.79 Å². The molecule has 0 N–H and O–H groups in total. The van der Waals surface area contributed by atoms with Crippen LogP contribution in [-0.4, -0.2) is 18.9 Å². The van der Waals surface area contributed by atoms with E-state index >= 15 is 0 Å². The maximum atomic E-state index is 11.4. The standard InChI is InChI=1S/C11H8ClNO3/c1-2-16-11(15)9-3-8(6-14)7(5-13)4-10(9)12/h3-4,6H,2H2,1H3. The van der Waals surface area contributed by atoms with Crippen LogP contribution in [0.1, 0.15) is 33.2 Å². The second-order valence-electron chi connectivity index (χ2n) is 2.87. The maximum absolute atomic E-state index is 11.4. The fourth-order valence-electron chi connectivity index (χ4n) is 1.15. The molecule has 5 heteroatoms. The van der Waals surface area contributed by atoms with E-state index in [9.17, 15) is 9.59 Å². The Kier molecular flexibility index (Phi) is 4.03. The monoisotopic (exact) mass is 237 g/mol. The predicted molar refractivity (Wildman–Crippen MR) is 57.5 cm³/mol. The fourth-order valence-corrected chi connectivity index (χ4v) is 1.39. The molecule has 0 bridgehead atoms. The van der Waals surface area contributed by atoms with Crippen molar-refractivity contribution in [2.75, 3.05) is 6.61 Å². The number of nitrogens with zero attached hydrogens (tertiary/aromatic N) is 1. The summed E-state index contributed by atoms with van der Waals surface area (Å²) < 4.78 is 4.76. The lowest BCUT2D eigenvalue weighted by Crippen LogP contribution is -2.06. The molecule has 0 aliphatic heterocycles. The number of hydrogen-bond acceptors (Lipinski definition) is 4. The van der Waals surface area contributed by atoms with Gasteiger partial charge in [-0.3, -0.25) is 4.79 Å². The van der Waals surface area contributed by atoms with E-state index in [4.69, 9.17) is 21.6 Å². The van der Waals surface area contributed by atoms with Crippen LogP contribution in [0.4, 0.5) is 0 Å². The van der Waals surface area contributed by atoms with E-state index in [1.165, 1.54) is 12.1 Å². The van der Waals surface area contributed by atoms with Crippen molar-refractivity contribution in [1.29, 1.82) is 5.26 Å². The molecule has 1 aromatic carbocycles. The molecule has 1 rings (SSSR count). The van der Waals surface area contributed by atoms with Gasteiger partial charge < -0.3 is 4.74 Å². The van der Waals surface area contributed by atoms with Crippen molar-refractivity contribution in [2.45, 2.75) is 6.92 Å². The molecule has 0 amide bonds. The van der Waals surface area contributed by atoms with Gasteiger partial charge in [0.1, 0.15) is 0 Å². The minimum Gasteiger partial charge on any atom is -0.462 e. The molecular formula is C11H8ClNO3. The molecule has 0 aliphatic carbocycles. The number of halogens is 1. The van der Waals surface area contributed by atoms with Crippen LogP contribution < -0.4 is 0 Å². The van der Waals surface area contributed by atoms with Crippen molar-refractivity contribution in [1.82, 2.24) is 0 Å². The van der Waals surface area contributed by atoms with Gasteiger partial charge in [-0.05, 0) is 19.1 Å². The number of nitriles is 1. The minimum atomic E-state index is -0.611. The molecule has 0 atom stereocenters. The summed E-state index contributed by atoms with van der Waals surface area (Å²) >= 11 is 5.80. The van der Waals surface area contributed by atoms with Gasteiger partial charge in [0.15, 0.2) is 6.29 Å². The zero-order chi connectivity index (χ0) is 12.1. The summed E-state index contributed by atoms with van der Waals surface area (Å²) in [5.74, 6) is -0.611. The number of carbonyl (C=O) groups is 2. The van der Waals surface area contributed by atoms with E-state index in [2.05, 4.69) is 0 Å². The van der Waals surface area contributed by atoms with E-state index in [0.29, 0.717) is 6.29 Å². The molecule has 0 heterocycles. The Morgan fingerprint density at radius 1 is 1.62 bits per heavy atom. The Morgan fingerprint density at radius 2 is 2.31 bits per heavy atom. The molecule has 0 spiro atoms. The summed E-state index contributed by atoms with van der Waals surface area (Å²) in [5, 5.41) is 8.82. The van der Waals surface area contributed by atoms with Crippen LogP contribution in [0.3, 0.4) is 0 Å². The smallest absolute Gasteiger partial charge is 0.339 e. The number of aldehydes is 1. The van der Waals surface area contributed by atoms with E-state index in [1.807, 2.05) is 6.07 Å². The third-order valence-electron chi connectivity index (χ3n) is 1.88. The third-order valence-corrected chi connectivity index (χ3v) is 2.19. The molecule has 4 nitrogen and oxygen atoms in total. The van der Waals surface area contributed by atoms with Crippen LogP contribution in [0.15, 0.2) is 12.1 Å². The van der Waals surface area contributed by atoms with Gasteiger partial charge in [0.25, 0.3) is 0 Å². The number of ether oxygens (including phenoxy) is 1. The Labute approximate surface area is 97.4 Å². The highest BCUT2D eigenvalue weighted by molar-refractivity contribution is 6.33. The van der Waals surface area contributed by atoms with Crippen molar-refractivity contribution < 1.29 is 14.3 Å². The van der Waals surface area contributed by atoms with E-state index in [1.54, 1.807) is 6.92 Å². The van der Waals surface area contributed by atoms with Gasteiger partial charge in [0.2, 0.25) is 0 Å². The molecule has 0 aromatic heterocycles. The molecule has 0 radical (unpaired) electrons. The molecule has 0 fully saturated rings. The summed E-state index contributed by atoms with van der Waals surface area (Å²) in [4.78, 5) is 22.1. The predicted octanol–water partition coefficient (Wildman–Crippen LogP) is 2.20. The van der Waals surface area contributed by atoms with Crippen LogP contribution in [0.2, 0.25) is 5.02 Å². The largest absolute Gasteiger partial charge is 0.462 e. The van der Waals surface area contributed by atoms with Crippen molar-refractivity contribution >= 4 is 23.9 Å². The number of rotatable bonds is 3. The quantitative estimate of drug-likeness (QED) is 0.597.